The van der Waals surface area contributed by atoms with Crippen molar-refractivity contribution in [3.05, 3.63) is 18.2 Å². The summed E-state index contributed by atoms with van der Waals surface area (Å²) in [7, 11) is 0. The van der Waals surface area contributed by atoms with E-state index in [1.807, 2.05) is 25.3 Å². The Bertz CT molecular complexity index is 310. The Hall–Kier alpha value is -1.32. The van der Waals surface area contributed by atoms with Crippen molar-refractivity contribution >= 4 is 5.97 Å². The molecule has 0 aromatic carbocycles. The molecule has 1 heterocycles. The third kappa shape index (κ3) is 2.31. The normalized spacial score (nSPS) is 11.6. The van der Waals surface area contributed by atoms with Gasteiger partial charge in [0.15, 0.2) is 0 Å². The molecule has 0 aliphatic heterocycles. The van der Waals surface area contributed by atoms with E-state index in [4.69, 9.17) is 5.11 Å². The summed E-state index contributed by atoms with van der Waals surface area (Å²) in [5.74, 6) is -0.828. The zero-order valence-corrected chi connectivity index (χ0v) is 8.11. The van der Waals surface area contributed by atoms with Gasteiger partial charge in [-0.25, -0.2) is 4.98 Å². The first-order valence-electron chi connectivity index (χ1n) is 4.15. The fourth-order valence-corrected chi connectivity index (χ4v) is 1.21. The highest BCUT2D eigenvalue weighted by Gasteiger charge is 2.17. The maximum atomic E-state index is 10.5. The molecule has 1 N–H and O–H groups in total. The van der Waals surface area contributed by atoms with E-state index in [0.29, 0.717) is 0 Å². The van der Waals surface area contributed by atoms with Crippen molar-refractivity contribution in [2.75, 3.05) is 0 Å². The number of hydrogen-bond acceptors (Lipinski definition) is 2. The van der Waals surface area contributed by atoms with Gasteiger partial charge in [0.2, 0.25) is 0 Å². The molecule has 0 saturated heterocycles. The molecule has 0 radical (unpaired) electrons. The minimum Gasteiger partial charge on any atom is -0.481 e. The molecule has 4 nitrogen and oxygen atoms in total. The van der Waals surface area contributed by atoms with Crippen LogP contribution in [0, 0.1) is 0 Å². The number of carbonyl (C=O) groups is 1. The standard InChI is InChI=1S/C9H14N2O2/c1-9(2,3)11-6-10-5-7(11)4-8(12)13/h5-6H,4H2,1-3H3,(H,12,13). The molecule has 0 spiro atoms. The van der Waals surface area contributed by atoms with Crippen LogP contribution in [-0.2, 0) is 16.8 Å². The Morgan fingerprint density at radius 3 is 2.69 bits per heavy atom. The molecule has 0 fully saturated rings. The van der Waals surface area contributed by atoms with Gasteiger partial charge in [-0.2, -0.15) is 0 Å². The highest BCUT2D eigenvalue weighted by atomic mass is 16.4. The lowest BCUT2D eigenvalue weighted by atomic mass is 10.1. The van der Waals surface area contributed by atoms with E-state index < -0.39 is 5.97 Å². The molecule has 0 atom stereocenters. The van der Waals surface area contributed by atoms with E-state index in [-0.39, 0.29) is 12.0 Å². The maximum Gasteiger partial charge on any atom is 0.309 e. The maximum absolute atomic E-state index is 10.5. The van der Waals surface area contributed by atoms with Gasteiger partial charge in [0, 0.05) is 17.4 Å². The Morgan fingerprint density at radius 1 is 1.62 bits per heavy atom. The van der Waals surface area contributed by atoms with Crippen LogP contribution in [0.25, 0.3) is 0 Å². The van der Waals surface area contributed by atoms with Crippen molar-refractivity contribution in [2.24, 2.45) is 0 Å². The van der Waals surface area contributed by atoms with Crippen LogP contribution in [0.4, 0.5) is 0 Å². The number of hydrogen-bond donors (Lipinski definition) is 1. The lowest BCUT2D eigenvalue weighted by Crippen LogP contribution is -2.24. The molecule has 1 aromatic heterocycles. The molecule has 1 rings (SSSR count). The quantitative estimate of drug-likeness (QED) is 0.749. The van der Waals surface area contributed by atoms with Crippen molar-refractivity contribution < 1.29 is 9.90 Å². The van der Waals surface area contributed by atoms with Gasteiger partial charge in [0.25, 0.3) is 0 Å². The Balaban J connectivity index is 2.96. The minimum absolute atomic E-state index is 0.0251. The van der Waals surface area contributed by atoms with Gasteiger partial charge in [-0.15, -0.1) is 0 Å². The van der Waals surface area contributed by atoms with Crippen LogP contribution < -0.4 is 0 Å². The molecule has 72 valence electrons. The van der Waals surface area contributed by atoms with Gasteiger partial charge in [0.05, 0.1) is 12.7 Å². The summed E-state index contributed by atoms with van der Waals surface area (Å²) in [6.07, 6.45) is 3.29. The second-order valence-corrected chi connectivity index (χ2v) is 4.00. The molecule has 0 aliphatic rings. The molecule has 0 aliphatic carbocycles. The predicted molar refractivity (Wildman–Crippen MR) is 48.6 cm³/mol. The van der Waals surface area contributed by atoms with Crippen LogP contribution >= 0.6 is 0 Å². The number of carboxylic acid groups (broad SMARTS) is 1. The number of carboxylic acids is 1. The van der Waals surface area contributed by atoms with Gasteiger partial charge in [-0.05, 0) is 20.8 Å². The fourth-order valence-electron chi connectivity index (χ4n) is 1.21. The summed E-state index contributed by atoms with van der Waals surface area (Å²) < 4.78 is 1.88. The highest BCUT2D eigenvalue weighted by molar-refractivity contribution is 5.69. The number of nitrogens with zero attached hydrogens (tertiary/aromatic N) is 2. The van der Waals surface area contributed by atoms with Crippen molar-refractivity contribution in [1.29, 1.82) is 0 Å². The third-order valence-electron chi connectivity index (χ3n) is 1.77. The van der Waals surface area contributed by atoms with E-state index in [2.05, 4.69) is 4.98 Å². The molecule has 0 amide bonds. The Labute approximate surface area is 77.2 Å². The number of imidazole rings is 1. The van der Waals surface area contributed by atoms with Gasteiger partial charge < -0.3 is 9.67 Å². The van der Waals surface area contributed by atoms with Gasteiger partial charge in [0.1, 0.15) is 0 Å². The lowest BCUT2D eigenvalue weighted by molar-refractivity contribution is -0.136. The monoisotopic (exact) mass is 182 g/mol. The van der Waals surface area contributed by atoms with Crippen LogP contribution in [0.1, 0.15) is 26.5 Å². The summed E-state index contributed by atoms with van der Waals surface area (Å²) in [6.45, 7) is 6.04. The molecule has 0 bridgehead atoms. The number of aromatic nitrogens is 2. The first-order valence-corrected chi connectivity index (χ1v) is 4.15. The molecule has 1 aromatic rings. The van der Waals surface area contributed by atoms with Gasteiger partial charge in [-0.3, -0.25) is 4.79 Å². The SMILES string of the molecule is CC(C)(C)n1cncc1CC(=O)O. The molecular formula is C9H14N2O2. The van der Waals surface area contributed by atoms with E-state index in [9.17, 15) is 4.79 Å². The summed E-state index contributed by atoms with van der Waals surface area (Å²) in [5, 5.41) is 8.63. The average Bonchev–Trinajstić information content (AvgIpc) is 2.31. The summed E-state index contributed by atoms with van der Waals surface area (Å²) in [6, 6.07) is 0. The van der Waals surface area contributed by atoms with Crippen LogP contribution in [0.3, 0.4) is 0 Å². The number of rotatable bonds is 2. The van der Waals surface area contributed by atoms with Crippen molar-refractivity contribution in [3.8, 4) is 0 Å². The lowest BCUT2D eigenvalue weighted by Gasteiger charge is -2.22. The first kappa shape index (κ1) is 9.77. The Kier molecular flexibility index (Phi) is 2.40. The van der Waals surface area contributed by atoms with Crippen LogP contribution in [0.15, 0.2) is 12.5 Å². The molecule has 0 unspecified atom stereocenters. The topological polar surface area (TPSA) is 55.1 Å². The highest BCUT2D eigenvalue weighted by Crippen LogP contribution is 2.16. The predicted octanol–water partition coefficient (Wildman–Crippen LogP) is 1.27. The third-order valence-corrected chi connectivity index (χ3v) is 1.77. The second kappa shape index (κ2) is 3.20. The van der Waals surface area contributed by atoms with E-state index in [0.717, 1.165) is 5.69 Å². The zero-order chi connectivity index (χ0) is 10.1. The van der Waals surface area contributed by atoms with Crippen LogP contribution in [0.2, 0.25) is 0 Å². The van der Waals surface area contributed by atoms with Crippen molar-refractivity contribution in [3.63, 3.8) is 0 Å². The summed E-state index contributed by atoms with van der Waals surface area (Å²) in [4.78, 5) is 14.4. The smallest absolute Gasteiger partial charge is 0.309 e. The van der Waals surface area contributed by atoms with E-state index in [1.165, 1.54) is 0 Å². The van der Waals surface area contributed by atoms with Crippen molar-refractivity contribution in [2.45, 2.75) is 32.7 Å². The Morgan fingerprint density at radius 2 is 2.23 bits per heavy atom. The average molecular weight is 182 g/mol. The molecular weight excluding hydrogens is 168 g/mol. The van der Waals surface area contributed by atoms with Crippen molar-refractivity contribution in [1.82, 2.24) is 9.55 Å². The minimum atomic E-state index is -0.828. The van der Waals surface area contributed by atoms with E-state index in [1.54, 1.807) is 12.5 Å². The summed E-state index contributed by atoms with van der Waals surface area (Å²) in [5.41, 5.74) is 0.626. The number of aliphatic carboxylic acids is 1. The first-order chi connectivity index (χ1) is 5.91. The fraction of sp³-hybridized carbons (Fsp3) is 0.556. The molecule has 0 saturated carbocycles. The molecule has 13 heavy (non-hydrogen) atoms. The van der Waals surface area contributed by atoms with E-state index >= 15 is 0 Å². The van der Waals surface area contributed by atoms with Gasteiger partial charge >= 0.3 is 5.97 Å². The second-order valence-electron chi connectivity index (χ2n) is 4.00. The van der Waals surface area contributed by atoms with Gasteiger partial charge in [-0.1, -0.05) is 0 Å². The zero-order valence-electron chi connectivity index (χ0n) is 8.11. The van der Waals surface area contributed by atoms with Crippen LogP contribution in [0.5, 0.6) is 0 Å². The van der Waals surface area contributed by atoms with Crippen LogP contribution in [-0.4, -0.2) is 20.6 Å². The largest absolute Gasteiger partial charge is 0.481 e. The summed E-state index contributed by atoms with van der Waals surface area (Å²) >= 11 is 0. The molecule has 4 heteroatoms.